The van der Waals surface area contributed by atoms with E-state index in [1.54, 1.807) is 0 Å². The summed E-state index contributed by atoms with van der Waals surface area (Å²) in [4.78, 5) is 11.9. The first-order valence-electron chi connectivity index (χ1n) is 5.85. The smallest absolute Gasteiger partial charge is 0.167 e. The summed E-state index contributed by atoms with van der Waals surface area (Å²) in [7, 11) is 0. The van der Waals surface area contributed by atoms with E-state index < -0.39 is 25.0 Å². The van der Waals surface area contributed by atoms with Gasteiger partial charge in [-0.1, -0.05) is 0 Å². The molecular weight excluding hydrogens is 269 g/mol. The molecule has 9 heteroatoms. The molecule has 0 bridgehead atoms. The molecular formula is C11H12FN5O3. The van der Waals surface area contributed by atoms with E-state index in [0.29, 0.717) is 11.2 Å². The van der Waals surface area contributed by atoms with Crippen LogP contribution in [0.25, 0.3) is 11.2 Å². The predicted octanol–water partition coefficient (Wildman–Crippen LogP) is -0.488. The van der Waals surface area contributed by atoms with Gasteiger partial charge in [-0.3, -0.25) is 4.57 Å². The van der Waals surface area contributed by atoms with Gasteiger partial charge in [-0.15, -0.1) is 0 Å². The zero-order chi connectivity index (χ0) is 14.3. The van der Waals surface area contributed by atoms with Gasteiger partial charge >= 0.3 is 0 Å². The topological polar surface area (TPSA) is 119 Å². The number of imidazole rings is 1. The van der Waals surface area contributed by atoms with Crippen molar-refractivity contribution in [3.8, 4) is 0 Å². The summed E-state index contributed by atoms with van der Waals surface area (Å²) in [6.45, 7) is -0.432. The van der Waals surface area contributed by atoms with Gasteiger partial charge in [0.15, 0.2) is 17.7 Å². The van der Waals surface area contributed by atoms with Crippen LogP contribution in [0.3, 0.4) is 0 Å². The molecule has 106 valence electrons. The monoisotopic (exact) mass is 281 g/mol. The highest BCUT2D eigenvalue weighted by atomic mass is 19.1. The maximum atomic E-state index is 13.0. The van der Waals surface area contributed by atoms with Crippen molar-refractivity contribution < 1.29 is 19.3 Å². The number of halogens is 1. The lowest BCUT2D eigenvalue weighted by Gasteiger charge is -2.13. The molecule has 8 nitrogen and oxygen atoms in total. The molecule has 3 heterocycles. The van der Waals surface area contributed by atoms with Crippen LogP contribution in [-0.4, -0.2) is 48.5 Å². The summed E-state index contributed by atoms with van der Waals surface area (Å²) >= 11 is 0. The fourth-order valence-corrected chi connectivity index (χ4v) is 2.21. The minimum Gasteiger partial charge on any atom is -0.394 e. The molecule has 1 saturated heterocycles. The minimum absolute atomic E-state index is 0.0134. The van der Waals surface area contributed by atoms with Gasteiger partial charge in [0.25, 0.3) is 0 Å². The highest BCUT2D eigenvalue weighted by Gasteiger charge is 2.40. The van der Waals surface area contributed by atoms with Gasteiger partial charge in [-0.25, -0.2) is 19.3 Å². The number of nitrogen functional groups attached to an aromatic ring is 1. The number of aliphatic hydroxyl groups is 2. The van der Waals surface area contributed by atoms with Crippen molar-refractivity contribution in [2.75, 3.05) is 12.3 Å². The molecule has 4 N–H and O–H groups in total. The summed E-state index contributed by atoms with van der Waals surface area (Å²) in [5, 5.41) is 19.0. The van der Waals surface area contributed by atoms with Gasteiger partial charge in [0.1, 0.15) is 24.1 Å². The van der Waals surface area contributed by atoms with Crippen molar-refractivity contribution in [2.45, 2.75) is 18.4 Å². The fourth-order valence-electron chi connectivity index (χ4n) is 2.21. The fraction of sp³-hybridized carbons (Fsp3) is 0.364. The lowest BCUT2D eigenvalue weighted by molar-refractivity contribution is -0.0422. The number of rotatable bonds is 2. The maximum Gasteiger partial charge on any atom is 0.167 e. The second kappa shape index (κ2) is 4.78. The number of nitrogens with zero attached hydrogens (tertiary/aromatic N) is 4. The predicted molar refractivity (Wildman–Crippen MR) is 65.9 cm³/mol. The number of fused-ring (bicyclic) bond motifs is 1. The van der Waals surface area contributed by atoms with Crippen molar-refractivity contribution in [3.63, 3.8) is 0 Å². The number of hydrogen-bond acceptors (Lipinski definition) is 7. The van der Waals surface area contributed by atoms with E-state index in [4.69, 9.17) is 15.6 Å². The number of aromatic nitrogens is 4. The van der Waals surface area contributed by atoms with Crippen molar-refractivity contribution in [3.05, 3.63) is 24.6 Å². The summed E-state index contributed by atoms with van der Waals surface area (Å²) in [5.41, 5.74) is 6.37. The highest BCUT2D eigenvalue weighted by molar-refractivity contribution is 5.81. The van der Waals surface area contributed by atoms with E-state index in [0.717, 1.165) is 0 Å². The van der Waals surface area contributed by atoms with E-state index >= 15 is 0 Å². The summed E-state index contributed by atoms with van der Waals surface area (Å²) in [6, 6.07) is 0. The Morgan fingerprint density at radius 3 is 2.95 bits per heavy atom. The van der Waals surface area contributed by atoms with Crippen LogP contribution in [0.15, 0.2) is 24.6 Å². The molecule has 20 heavy (non-hydrogen) atoms. The van der Waals surface area contributed by atoms with Crippen molar-refractivity contribution in [1.82, 2.24) is 19.5 Å². The molecule has 0 aliphatic carbocycles. The standard InChI is InChI=1S/C11H12FN5O3/c12-1-5-8(19)6(2-18)20-11(5)17-4-16-7-9(13)14-3-15-10(7)17/h1,3-4,6,8,11,18-19H,2H2,(H2,13,14,15)/t6-,8?,11-/m1/s1. The number of anilines is 1. The molecule has 3 rings (SSSR count). The van der Waals surface area contributed by atoms with E-state index in [1.807, 2.05) is 0 Å². The molecule has 1 aliphatic rings. The first-order valence-corrected chi connectivity index (χ1v) is 5.85. The zero-order valence-electron chi connectivity index (χ0n) is 10.2. The number of nitrogens with two attached hydrogens (primary N) is 1. The summed E-state index contributed by atoms with van der Waals surface area (Å²) < 4.78 is 19.9. The molecule has 0 aromatic carbocycles. The molecule has 1 unspecified atom stereocenters. The minimum atomic E-state index is -1.23. The van der Waals surface area contributed by atoms with Gasteiger partial charge in [0.2, 0.25) is 0 Å². The first kappa shape index (κ1) is 12.9. The Morgan fingerprint density at radius 1 is 1.45 bits per heavy atom. The van der Waals surface area contributed by atoms with Gasteiger partial charge in [0, 0.05) is 5.57 Å². The highest BCUT2D eigenvalue weighted by Crippen LogP contribution is 2.36. The molecule has 0 amide bonds. The van der Waals surface area contributed by atoms with Crippen LogP contribution in [0.5, 0.6) is 0 Å². The van der Waals surface area contributed by atoms with Crippen LogP contribution >= 0.6 is 0 Å². The van der Waals surface area contributed by atoms with Crippen LogP contribution < -0.4 is 5.73 Å². The first-order chi connectivity index (χ1) is 9.67. The molecule has 0 saturated carbocycles. The molecule has 0 spiro atoms. The maximum absolute atomic E-state index is 13.0. The number of aliphatic hydroxyl groups excluding tert-OH is 2. The Kier molecular flexibility index (Phi) is 3.08. The SMILES string of the molecule is Nc1ncnc2c1ncn2[C@@H]1O[C@H](CO)C(O)C1=CF. The van der Waals surface area contributed by atoms with Crippen molar-refractivity contribution in [2.24, 2.45) is 0 Å². The van der Waals surface area contributed by atoms with Crippen LogP contribution in [-0.2, 0) is 4.74 Å². The van der Waals surface area contributed by atoms with E-state index in [1.165, 1.54) is 17.2 Å². The molecule has 1 aliphatic heterocycles. The Labute approximate surface area is 112 Å². The molecule has 2 aromatic rings. The molecule has 3 atom stereocenters. The zero-order valence-corrected chi connectivity index (χ0v) is 10.2. The van der Waals surface area contributed by atoms with E-state index in [2.05, 4.69) is 15.0 Å². The average Bonchev–Trinajstić information content (AvgIpc) is 3.00. The van der Waals surface area contributed by atoms with Crippen LogP contribution in [0.1, 0.15) is 6.23 Å². The third-order valence-corrected chi connectivity index (χ3v) is 3.23. The second-order valence-electron chi connectivity index (χ2n) is 4.35. The van der Waals surface area contributed by atoms with Crippen molar-refractivity contribution >= 4 is 17.0 Å². The van der Waals surface area contributed by atoms with Crippen LogP contribution in [0.2, 0.25) is 0 Å². The number of hydrogen-bond donors (Lipinski definition) is 3. The van der Waals surface area contributed by atoms with E-state index in [9.17, 15) is 9.50 Å². The van der Waals surface area contributed by atoms with Gasteiger partial charge < -0.3 is 20.7 Å². The Balaban J connectivity index is 2.09. The second-order valence-corrected chi connectivity index (χ2v) is 4.35. The average molecular weight is 281 g/mol. The Bertz CT molecular complexity index is 673. The van der Waals surface area contributed by atoms with E-state index in [-0.39, 0.29) is 17.7 Å². The van der Waals surface area contributed by atoms with Crippen LogP contribution in [0, 0.1) is 0 Å². The van der Waals surface area contributed by atoms with Gasteiger partial charge in [-0.2, -0.15) is 0 Å². The largest absolute Gasteiger partial charge is 0.394 e. The molecule has 0 radical (unpaired) electrons. The molecule has 1 fully saturated rings. The van der Waals surface area contributed by atoms with Crippen molar-refractivity contribution in [1.29, 1.82) is 0 Å². The third-order valence-electron chi connectivity index (χ3n) is 3.23. The summed E-state index contributed by atoms with van der Waals surface area (Å²) in [5.74, 6) is 0.191. The van der Waals surface area contributed by atoms with Crippen LogP contribution in [0.4, 0.5) is 10.2 Å². The van der Waals surface area contributed by atoms with Gasteiger partial charge in [-0.05, 0) is 0 Å². The third kappa shape index (κ3) is 1.75. The Hall–Kier alpha value is -2.10. The van der Waals surface area contributed by atoms with Gasteiger partial charge in [0.05, 0.1) is 19.3 Å². The Morgan fingerprint density at radius 2 is 2.25 bits per heavy atom. The summed E-state index contributed by atoms with van der Waals surface area (Å²) in [6.07, 6.45) is -0.182. The lowest BCUT2D eigenvalue weighted by atomic mass is 10.1. The normalized spacial score (nSPS) is 28.6. The molecule has 2 aromatic heterocycles. The number of ether oxygens (including phenoxy) is 1. The lowest BCUT2D eigenvalue weighted by Crippen LogP contribution is -2.25. The quantitative estimate of drug-likeness (QED) is 0.679.